The lowest BCUT2D eigenvalue weighted by atomic mass is 9.70. The molecule has 1 atom stereocenters. The van der Waals surface area contributed by atoms with E-state index in [-0.39, 0.29) is 17.1 Å². The van der Waals surface area contributed by atoms with E-state index in [1.165, 1.54) is 23.8 Å². The second-order valence-electron chi connectivity index (χ2n) is 8.38. The summed E-state index contributed by atoms with van der Waals surface area (Å²) >= 11 is 0. The largest absolute Gasteiger partial charge is 0.507 e. The normalized spacial score (nSPS) is 20.5. The molecule has 1 aliphatic rings. The van der Waals surface area contributed by atoms with Crippen molar-refractivity contribution in [3.63, 3.8) is 0 Å². The van der Waals surface area contributed by atoms with Gasteiger partial charge in [0.05, 0.1) is 12.5 Å². The van der Waals surface area contributed by atoms with Gasteiger partial charge in [-0.15, -0.1) is 0 Å². The van der Waals surface area contributed by atoms with Gasteiger partial charge in [0.1, 0.15) is 11.3 Å². The third kappa shape index (κ3) is 6.88. The molecular weight excluding hydrogens is 364 g/mol. The number of ketones is 1. The zero-order chi connectivity index (χ0) is 22.2. The number of hydrogen-bond acceptors (Lipinski definition) is 4. The Morgan fingerprint density at radius 2 is 1.62 bits per heavy atom. The number of carbonyl (C=O) groups is 2. The van der Waals surface area contributed by atoms with Crippen molar-refractivity contribution in [2.75, 3.05) is 7.11 Å². The molecule has 0 aromatic heterocycles. The Morgan fingerprint density at radius 3 is 2.17 bits per heavy atom. The van der Waals surface area contributed by atoms with Crippen molar-refractivity contribution in [3.8, 4) is 0 Å². The van der Waals surface area contributed by atoms with E-state index < -0.39 is 11.4 Å². The predicted molar refractivity (Wildman–Crippen MR) is 119 cm³/mol. The lowest BCUT2D eigenvalue weighted by Gasteiger charge is -2.32. The van der Waals surface area contributed by atoms with Gasteiger partial charge in [-0.25, -0.2) is 4.79 Å². The van der Waals surface area contributed by atoms with Crippen LogP contribution in [-0.2, 0) is 14.3 Å². The van der Waals surface area contributed by atoms with E-state index in [4.69, 9.17) is 4.74 Å². The van der Waals surface area contributed by atoms with Crippen LogP contribution in [0.25, 0.3) is 0 Å². The average molecular weight is 401 g/mol. The number of hydrogen-bond donors (Lipinski definition) is 1. The first-order valence-corrected chi connectivity index (χ1v) is 10.2. The molecule has 0 saturated carbocycles. The van der Waals surface area contributed by atoms with Crippen molar-refractivity contribution in [1.29, 1.82) is 0 Å². The van der Waals surface area contributed by atoms with Gasteiger partial charge in [-0.05, 0) is 79.2 Å². The van der Waals surface area contributed by atoms with E-state index in [1.807, 2.05) is 6.92 Å². The maximum atomic E-state index is 12.6. The zero-order valence-electron chi connectivity index (χ0n) is 19.0. The summed E-state index contributed by atoms with van der Waals surface area (Å²) < 4.78 is 4.77. The van der Waals surface area contributed by atoms with Crippen molar-refractivity contribution in [3.05, 3.63) is 57.9 Å². The van der Waals surface area contributed by atoms with Gasteiger partial charge in [0.15, 0.2) is 5.78 Å². The number of esters is 1. The third-order valence-electron chi connectivity index (χ3n) is 5.64. The minimum Gasteiger partial charge on any atom is -0.507 e. The molecule has 0 radical (unpaired) electrons. The van der Waals surface area contributed by atoms with Crippen LogP contribution >= 0.6 is 0 Å². The van der Waals surface area contributed by atoms with Crippen molar-refractivity contribution in [2.24, 2.45) is 5.41 Å². The van der Waals surface area contributed by atoms with Crippen LogP contribution in [0.2, 0.25) is 0 Å². The first kappa shape index (κ1) is 24.7. The van der Waals surface area contributed by atoms with Crippen LogP contribution in [0.15, 0.2) is 57.9 Å². The summed E-state index contributed by atoms with van der Waals surface area (Å²) in [4.78, 5) is 24.6. The second-order valence-corrected chi connectivity index (χ2v) is 8.38. The van der Waals surface area contributed by atoms with Gasteiger partial charge in [-0.2, -0.15) is 0 Å². The molecule has 160 valence electrons. The maximum Gasteiger partial charge on any atom is 0.341 e. The van der Waals surface area contributed by atoms with Crippen molar-refractivity contribution >= 4 is 11.8 Å². The highest BCUT2D eigenvalue weighted by atomic mass is 16.5. The Bertz CT molecular complexity index is 786. The lowest BCUT2D eigenvalue weighted by molar-refractivity contribution is -0.136. The molecule has 0 spiro atoms. The minimum absolute atomic E-state index is 0.0931. The number of carbonyl (C=O) groups excluding carboxylic acids is 2. The number of allylic oxidation sites excluding steroid dienone is 8. The summed E-state index contributed by atoms with van der Waals surface area (Å²) in [7, 11) is 1.27. The summed E-state index contributed by atoms with van der Waals surface area (Å²) in [5.74, 6) is -1.13. The fourth-order valence-corrected chi connectivity index (χ4v) is 3.34. The minimum atomic E-state index is -0.854. The Kier molecular flexibility index (Phi) is 9.35. The Balaban J connectivity index is 2.79. The van der Waals surface area contributed by atoms with Gasteiger partial charge in [0, 0.05) is 6.08 Å². The number of aliphatic hydroxyl groups excluding tert-OH is 1. The smallest absolute Gasteiger partial charge is 0.341 e. The third-order valence-corrected chi connectivity index (χ3v) is 5.64. The molecule has 0 aliphatic heterocycles. The van der Waals surface area contributed by atoms with Crippen LogP contribution in [-0.4, -0.2) is 24.0 Å². The number of aliphatic hydroxyl groups is 1. The van der Waals surface area contributed by atoms with Crippen molar-refractivity contribution in [2.45, 2.75) is 73.6 Å². The van der Waals surface area contributed by atoms with E-state index in [0.717, 1.165) is 31.8 Å². The number of methoxy groups -OCH3 is 1. The molecule has 0 unspecified atom stereocenters. The lowest BCUT2D eigenvalue weighted by Crippen LogP contribution is -2.33. The van der Waals surface area contributed by atoms with Gasteiger partial charge < -0.3 is 9.84 Å². The summed E-state index contributed by atoms with van der Waals surface area (Å²) in [5, 5.41) is 10.0. The average Bonchev–Trinajstić information content (AvgIpc) is 2.64. The highest BCUT2D eigenvalue weighted by Crippen LogP contribution is 2.40. The van der Waals surface area contributed by atoms with Crippen LogP contribution in [0.3, 0.4) is 0 Å². The predicted octanol–water partition coefficient (Wildman–Crippen LogP) is 6.32. The molecule has 4 nitrogen and oxygen atoms in total. The molecular formula is C25H36O4. The summed E-state index contributed by atoms with van der Waals surface area (Å²) in [6, 6.07) is 0. The highest BCUT2D eigenvalue weighted by molar-refractivity contribution is 6.05. The van der Waals surface area contributed by atoms with E-state index in [9.17, 15) is 14.7 Å². The van der Waals surface area contributed by atoms with E-state index in [2.05, 4.69) is 45.9 Å². The van der Waals surface area contributed by atoms with Crippen molar-refractivity contribution < 1.29 is 19.4 Å². The molecule has 4 heteroatoms. The first-order chi connectivity index (χ1) is 13.5. The van der Waals surface area contributed by atoms with E-state index in [0.29, 0.717) is 12.0 Å². The molecule has 0 saturated heterocycles. The first-order valence-electron chi connectivity index (χ1n) is 10.2. The quantitative estimate of drug-likeness (QED) is 0.363. The van der Waals surface area contributed by atoms with Crippen molar-refractivity contribution in [1.82, 2.24) is 0 Å². The van der Waals surface area contributed by atoms with E-state index in [1.54, 1.807) is 6.92 Å². The van der Waals surface area contributed by atoms with Crippen LogP contribution in [0.1, 0.15) is 73.6 Å². The van der Waals surface area contributed by atoms with Gasteiger partial charge in [-0.1, -0.05) is 34.9 Å². The number of ether oxygens (including phenoxy) is 1. The summed E-state index contributed by atoms with van der Waals surface area (Å²) in [6.45, 7) is 12.0. The number of rotatable bonds is 9. The molecule has 0 heterocycles. The molecule has 0 fully saturated rings. The zero-order valence-corrected chi connectivity index (χ0v) is 19.0. The summed E-state index contributed by atoms with van der Waals surface area (Å²) in [6.07, 6.45) is 12.3. The molecule has 0 amide bonds. The summed E-state index contributed by atoms with van der Waals surface area (Å²) in [5.41, 5.74) is 3.74. The van der Waals surface area contributed by atoms with Gasteiger partial charge in [0.25, 0.3) is 0 Å². The van der Waals surface area contributed by atoms with Gasteiger partial charge in [0.2, 0.25) is 0 Å². The molecule has 0 aromatic carbocycles. The molecule has 0 aromatic rings. The highest BCUT2D eigenvalue weighted by Gasteiger charge is 2.40. The Labute approximate surface area is 175 Å². The molecule has 1 aliphatic carbocycles. The maximum absolute atomic E-state index is 12.6. The second kappa shape index (κ2) is 11.0. The fourth-order valence-electron chi connectivity index (χ4n) is 3.34. The molecule has 0 bridgehead atoms. The van der Waals surface area contributed by atoms with Gasteiger partial charge in [-0.3, -0.25) is 4.79 Å². The van der Waals surface area contributed by atoms with Crippen LogP contribution < -0.4 is 0 Å². The van der Waals surface area contributed by atoms with Crippen LogP contribution in [0.5, 0.6) is 0 Å². The standard InChI is InChI=1S/C25H36O4/c1-17(2)10-8-11-18(3)12-9-13-19(4)14-15-25(6)20(5)23(24(28)29-7)21(26)16-22(25)27/h10,12,14,16,26H,8-9,11,13,15H2,1-7H3/b18-12+,19-14+/t25-/m1/s1. The van der Waals surface area contributed by atoms with E-state index >= 15 is 0 Å². The van der Waals surface area contributed by atoms with Gasteiger partial charge >= 0.3 is 5.97 Å². The topological polar surface area (TPSA) is 63.6 Å². The molecule has 1 rings (SSSR count). The monoisotopic (exact) mass is 400 g/mol. The Hall–Kier alpha value is -2.36. The van der Waals surface area contributed by atoms with Crippen LogP contribution in [0, 0.1) is 5.41 Å². The SMILES string of the molecule is COC(=O)C1=C(C)[C@@](C)(C/C=C(\C)CC/C=C(\C)CCC=C(C)C)C(=O)C=C1O. The molecule has 1 N–H and O–H groups in total. The Morgan fingerprint density at radius 1 is 1.07 bits per heavy atom. The fraction of sp³-hybridized carbons (Fsp3) is 0.520. The van der Waals surface area contributed by atoms with Crippen LogP contribution in [0.4, 0.5) is 0 Å². The molecule has 29 heavy (non-hydrogen) atoms.